The Bertz CT molecular complexity index is 791. The van der Waals surface area contributed by atoms with Crippen molar-refractivity contribution in [1.29, 1.82) is 0 Å². The van der Waals surface area contributed by atoms with Crippen LogP contribution in [-0.2, 0) is 13.1 Å². The normalized spacial score (nSPS) is 11.1. The minimum Gasteiger partial charge on any atom is -0.322 e. The molecule has 102 valence electrons. The van der Waals surface area contributed by atoms with Crippen molar-refractivity contribution in [2.45, 2.75) is 20.0 Å². The van der Waals surface area contributed by atoms with Crippen molar-refractivity contribution in [2.24, 2.45) is 0 Å². The van der Waals surface area contributed by atoms with Crippen molar-refractivity contribution >= 4 is 22.2 Å². The molecular formula is C15H15N3OS. The lowest BCUT2D eigenvalue weighted by Gasteiger charge is -2.04. The molecule has 0 saturated heterocycles. The Kier molecular flexibility index (Phi) is 3.62. The van der Waals surface area contributed by atoms with Crippen molar-refractivity contribution in [2.75, 3.05) is 0 Å². The first-order valence-corrected chi connectivity index (χ1v) is 7.33. The zero-order valence-electron chi connectivity index (χ0n) is 11.1. The highest BCUT2D eigenvalue weighted by atomic mass is 32.1. The maximum atomic E-state index is 12.0. The molecule has 2 aromatic heterocycles. The molecule has 2 heterocycles. The molecule has 0 bridgehead atoms. The molecule has 3 aromatic rings. The van der Waals surface area contributed by atoms with E-state index in [-0.39, 0.29) is 5.56 Å². The van der Waals surface area contributed by atoms with Gasteiger partial charge >= 0.3 is 0 Å². The highest BCUT2D eigenvalue weighted by molar-refractivity contribution is 7.09. The number of pyridine rings is 1. The van der Waals surface area contributed by atoms with Gasteiger partial charge < -0.3 is 10.3 Å². The number of aromatic amines is 1. The monoisotopic (exact) mass is 285 g/mol. The minimum absolute atomic E-state index is 0.0356. The van der Waals surface area contributed by atoms with E-state index < -0.39 is 0 Å². The van der Waals surface area contributed by atoms with Gasteiger partial charge in [0.1, 0.15) is 5.01 Å². The SMILES string of the molecule is Cc1csc(CNCc2cc3ccccc3[nH]c2=O)n1. The van der Waals surface area contributed by atoms with Crippen LogP contribution in [0.4, 0.5) is 0 Å². The number of benzene rings is 1. The van der Waals surface area contributed by atoms with Crippen LogP contribution >= 0.6 is 11.3 Å². The number of nitrogens with zero attached hydrogens (tertiary/aromatic N) is 1. The summed E-state index contributed by atoms with van der Waals surface area (Å²) in [7, 11) is 0. The largest absolute Gasteiger partial charge is 0.322 e. The van der Waals surface area contributed by atoms with E-state index in [9.17, 15) is 4.79 Å². The number of fused-ring (bicyclic) bond motifs is 1. The van der Waals surface area contributed by atoms with E-state index in [2.05, 4.69) is 15.3 Å². The number of hydrogen-bond donors (Lipinski definition) is 2. The average molecular weight is 285 g/mol. The Labute approximate surface area is 120 Å². The molecule has 3 rings (SSSR count). The molecule has 0 spiro atoms. The molecule has 1 aromatic carbocycles. The predicted molar refractivity (Wildman–Crippen MR) is 82.0 cm³/mol. The lowest BCUT2D eigenvalue weighted by molar-refractivity contribution is 0.684. The van der Waals surface area contributed by atoms with Gasteiger partial charge in [-0.3, -0.25) is 4.79 Å². The molecule has 0 aliphatic rings. The first kappa shape index (κ1) is 13.0. The number of nitrogens with one attached hydrogen (secondary N) is 2. The van der Waals surface area contributed by atoms with Gasteiger partial charge in [-0.15, -0.1) is 11.3 Å². The van der Waals surface area contributed by atoms with Gasteiger partial charge in [0, 0.05) is 35.2 Å². The molecule has 0 fully saturated rings. The van der Waals surface area contributed by atoms with E-state index in [1.807, 2.05) is 42.6 Å². The highest BCUT2D eigenvalue weighted by Gasteiger charge is 2.03. The van der Waals surface area contributed by atoms with E-state index in [0.29, 0.717) is 13.1 Å². The summed E-state index contributed by atoms with van der Waals surface area (Å²) in [5.41, 5.74) is 2.62. The number of rotatable bonds is 4. The number of hydrogen-bond acceptors (Lipinski definition) is 4. The summed E-state index contributed by atoms with van der Waals surface area (Å²) in [6.45, 7) is 3.21. The molecule has 20 heavy (non-hydrogen) atoms. The molecule has 0 radical (unpaired) electrons. The van der Waals surface area contributed by atoms with Gasteiger partial charge in [0.15, 0.2) is 0 Å². The van der Waals surface area contributed by atoms with E-state index >= 15 is 0 Å². The summed E-state index contributed by atoms with van der Waals surface area (Å²) >= 11 is 1.63. The fourth-order valence-corrected chi connectivity index (χ4v) is 2.85. The number of H-pyrrole nitrogens is 1. The zero-order valence-corrected chi connectivity index (χ0v) is 12.0. The van der Waals surface area contributed by atoms with Crippen LogP contribution in [0.3, 0.4) is 0 Å². The number of thiazole rings is 1. The molecular weight excluding hydrogens is 270 g/mol. The van der Waals surface area contributed by atoms with Crippen LogP contribution < -0.4 is 10.9 Å². The van der Waals surface area contributed by atoms with Gasteiger partial charge in [-0.25, -0.2) is 4.98 Å². The van der Waals surface area contributed by atoms with Crippen LogP contribution in [0.25, 0.3) is 10.9 Å². The van der Waals surface area contributed by atoms with Gasteiger partial charge in [0.25, 0.3) is 5.56 Å². The van der Waals surface area contributed by atoms with Crippen molar-refractivity contribution < 1.29 is 0 Å². The minimum atomic E-state index is -0.0356. The molecule has 0 unspecified atom stereocenters. The van der Waals surface area contributed by atoms with E-state index in [1.54, 1.807) is 11.3 Å². The van der Waals surface area contributed by atoms with Gasteiger partial charge in [-0.05, 0) is 24.4 Å². The third-order valence-corrected chi connectivity index (χ3v) is 4.06. The number of aromatic nitrogens is 2. The Morgan fingerprint density at radius 1 is 1.30 bits per heavy atom. The Hall–Kier alpha value is -1.98. The van der Waals surface area contributed by atoms with Gasteiger partial charge in [0.2, 0.25) is 0 Å². The first-order valence-electron chi connectivity index (χ1n) is 6.45. The quantitative estimate of drug-likeness (QED) is 0.774. The Morgan fingerprint density at radius 2 is 2.15 bits per heavy atom. The summed E-state index contributed by atoms with van der Waals surface area (Å²) in [4.78, 5) is 19.3. The van der Waals surface area contributed by atoms with Crippen molar-refractivity contribution in [3.63, 3.8) is 0 Å². The van der Waals surface area contributed by atoms with Crippen molar-refractivity contribution in [3.8, 4) is 0 Å². The van der Waals surface area contributed by atoms with Crippen molar-refractivity contribution in [3.05, 3.63) is 62.3 Å². The number of aryl methyl sites for hydroxylation is 1. The fourth-order valence-electron chi connectivity index (χ4n) is 2.11. The summed E-state index contributed by atoms with van der Waals surface area (Å²) in [6, 6.07) is 9.73. The maximum Gasteiger partial charge on any atom is 0.252 e. The van der Waals surface area contributed by atoms with E-state index in [1.165, 1.54) is 0 Å². The molecule has 0 atom stereocenters. The molecule has 0 saturated carbocycles. The summed E-state index contributed by atoms with van der Waals surface area (Å²) < 4.78 is 0. The van der Waals surface area contributed by atoms with Crippen LogP contribution in [-0.4, -0.2) is 9.97 Å². The lowest BCUT2D eigenvalue weighted by atomic mass is 10.1. The van der Waals surface area contributed by atoms with Crippen LogP contribution in [0.1, 0.15) is 16.3 Å². The smallest absolute Gasteiger partial charge is 0.252 e. The zero-order chi connectivity index (χ0) is 13.9. The second kappa shape index (κ2) is 5.56. The second-order valence-corrected chi connectivity index (χ2v) is 5.64. The van der Waals surface area contributed by atoms with E-state index in [4.69, 9.17) is 0 Å². The van der Waals surface area contributed by atoms with Crippen molar-refractivity contribution in [1.82, 2.24) is 15.3 Å². The van der Waals surface area contributed by atoms with Crippen LogP contribution in [0.5, 0.6) is 0 Å². The summed E-state index contributed by atoms with van der Waals surface area (Å²) in [5, 5.41) is 7.38. The standard InChI is InChI=1S/C15H15N3OS/c1-10-9-20-14(17-10)8-16-7-12-6-11-4-2-3-5-13(11)18-15(12)19/h2-6,9,16H,7-8H2,1H3,(H,18,19). The van der Waals surface area contributed by atoms with E-state index in [0.717, 1.165) is 27.2 Å². The molecule has 5 heteroatoms. The van der Waals surface area contributed by atoms with Gasteiger partial charge in [-0.2, -0.15) is 0 Å². The Morgan fingerprint density at radius 3 is 2.95 bits per heavy atom. The van der Waals surface area contributed by atoms with Crippen LogP contribution in [0, 0.1) is 6.92 Å². The number of para-hydroxylation sites is 1. The molecule has 4 nitrogen and oxygen atoms in total. The Balaban J connectivity index is 1.74. The van der Waals surface area contributed by atoms with Gasteiger partial charge in [0.05, 0.1) is 0 Å². The van der Waals surface area contributed by atoms with Gasteiger partial charge in [-0.1, -0.05) is 18.2 Å². The third-order valence-electron chi connectivity index (χ3n) is 3.09. The highest BCUT2D eigenvalue weighted by Crippen LogP contribution is 2.11. The second-order valence-electron chi connectivity index (χ2n) is 4.70. The lowest BCUT2D eigenvalue weighted by Crippen LogP contribution is -2.20. The molecule has 2 N–H and O–H groups in total. The molecule has 0 aliphatic carbocycles. The fraction of sp³-hybridized carbons (Fsp3) is 0.200. The topological polar surface area (TPSA) is 57.8 Å². The average Bonchev–Trinajstić information content (AvgIpc) is 2.85. The van der Waals surface area contributed by atoms with Crippen LogP contribution in [0.2, 0.25) is 0 Å². The molecule has 0 amide bonds. The third kappa shape index (κ3) is 2.79. The van der Waals surface area contributed by atoms with Crippen LogP contribution in [0.15, 0.2) is 40.5 Å². The summed E-state index contributed by atoms with van der Waals surface area (Å²) in [6.07, 6.45) is 0. The maximum absolute atomic E-state index is 12.0. The first-order chi connectivity index (χ1) is 9.72. The summed E-state index contributed by atoms with van der Waals surface area (Å²) in [5.74, 6) is 0. The predicted octanol–water partition coefficient (Wildman–Crippen LogP) is 2.58. The molecule has 0 aliphatic heterocycles.